The second-order valence-corrected chi connectivity index (χ2v) is 31.4. The van der Waals surface area contributed by atoms with Crippen molar-refractivity contribution in [2.75, 3.05) is 4.90 Å². The van der Waals surface area contributed by atoms with Crippen LogP contribution in [0.3, 0.4) is 0 Å². The van der Waals surface area contributed by atoms with E-state index in [4.69, 9.17) is 4.42 Å². The van der Waals surface area contributed by atoms with E-state index in [0.717, 1.165) is 51.3 Å². The van der Waals surface area contributed by atoms with E-state index >= 15 is 0 Å². The molecule has 1 unspecified atom stereocenters. The van der Waals surface area contributed by atoms with Gasteiger partial charge in [0.15, 0.2) is 0 Å². The SMILES string of the molecule is CC(C)(C)c1ccc([C@H](Cc2cc3c(c4oc5ccccc5c24)-c2ccc(N(c4ccccc4)c4ccc(C(C)(C)C)cc4)cc2C3(c2ccc(C(C)(C)C)cc2)c2ccc3c(c2)c2cc(C(C)(C)C)ccc2n3-c2ccc(C(C)(C)C)cc2)c2ccccc2)cc1. The number of anilines is 3. The Kier molecular flexibility index (Phi) is 14.4. The molecule has 3 heteroatoms. The monoisotopic (exact) mass is 1200 g/mol. The van der Waals surface area contributed by atoms with Gasteiger partial charge in [0, 0.05) is 55.8 Å². The van der Waals surface area contributed by atoms with Crippen molar-refractivity contribution in [3.05, 3.63) is 309 Å². The molecule has 3 nitrogen and oxygen atoms in total. The van der Waals surface area contributed by atoms with Crippen molar-refractivity contribution in [3.8, 4) is 16.8 Å². The zero-order valence-corrected chi connectivity index (χ0v) is 56.7. The molecule has 2 atom stereocenters. The maximum absolute atomic E-state index is 7.56. The summed E-state index contributed by atoms with van der Waals surface area (Å²) in [6, 6.07) is 93.3. The lowest BCUT2D eigenvalue weighted by molar-refractivity contribution is 0.589. The number of fused-ring (bicyclic) bond motifs is 10. The van der Waals surface area contributed by atoms with Crippen molar-refractivity contribution >= 4 is 60.8 Å². The number of para-hydroxylation sites is 2. The van der Waals surface area contributed by atoms with E-state index in [9.17, 15) is 0 Å². The fraction of sp³-hybridized carbons (Fsp3) is 0.258. The van der Waals surface area contributed by atoms with E-state index in [0.29, 0.717) is 0 Å². The van der Waals surface area contributed by atoms with E-state index in [1.165, 1.54) is 99.5 Å². The lowest BCUT2D eigenvalue weighted by Crippen LogP contribution is -2.29. The lowest BCUT2D eigenvalue weighted by atomic mass is 9.66. The fourth-order valence-corrected chi connectivity index (χ4v) is 14.9. The van der Waals surface area contributed by atoms with Crippen LogP contribution in [0.15, 0.2) is 247 Å². The van der Waals surface area contributed by atoms with Gasteiger partial charge in [-0.05, 0) is 185 Å². The summed E-state index contributed by atoms with van der Waals surface area (Å²) in [4.78, 5) is 2.45. The molecule has 2 heterocycles. The Bertz CT molecular complexity index is 4910. The van der Waals surface area contributed by atoms with Gasteiger partial charge in [-0.3, -0.25) is 0 Å². The average Bonchev–Trinajstić information content (AvgIpc) is 1.51. The predicted molar refractivity (Wildman–Crippen MR) is 392 cm³/mol. The molecule has 13 aromatic rings. The highest BCUT2D eigenvalue weighted by molar-refractivity contribution is 6.15. The number of nitrogens with zero attached hydrogens (tertiary/aromatic N) is 2. The molecule has 0 bridgehead atoms. The summed E-state index contributed by atoms with van der Waals surface area (Å²) in [5, 5.41) is 4.77. The molecule has 0 aliphatic heterocycles. The van der Waals surface area contributed by atoms with Crippen LogP contribution in [0.4, 0.5) is 17.1 Å². The molecular formula is C89H88N2O. The first-order valence-corrected chi connectivity index (χ1v) is 33.3. The topological polar surface area (TPSA) is 21.3 Å². The molecular weight excluding hydrogens is 1110 g/mol. The van der Waals surface area contributed by atoms with Crippen LogP contribution in [0.25, 0.3) is 60.6 Å². The summed E-state index contributed by atoms with van der Waals surface area (Å²) >= 11 is 0. The van der Waals surface area contributed by atoms with Gasteiger partial charge in [-0.2, -0.15) is 0 Å². The third-order valence-electron chi connectivity index (χ3n) is 20.1. The normalized spacial score (nSPS) is 14.9. The highest BCUT2D eigenvalue weighted by Crippen LogP contribution is 2.61. The van der Waals surface area contributed by atoms with Crippen LogP contribution in [0, 0.1) is 0 Å². The first kappa shape index (κ1) is 60.4. The summed E-state index contributed by atoms with van der Waals surface area (Å²) < 4.78 is 10.1. The molecule has 0 saturated heterocycles. The van der Waals surface area contributed by atoms with Crippen molar-refractivity contribution in [1.29, 1.82) is 0 Å². The summed E-state index contributed by atoms with van der Waals surface area (Å²) in [7, 11) is 0. The van der Waals surface area contributed by atoms with Gasteiger partial charge in [0.25, 0.3) is 0 Å². The molecule has 0 amide bonds. The average molecular weight is 1200 g/mol. The Morgan fingerprint density at radius 1 is 0.380 bits per heavy atom. The smallest absolute Gasteiger partial charge is 0.143 e. The van der Waals surface area contributed by atoms with Crippen molar-refractivity contribution < 1.29 is 4.42 Å². The number of furan rings is 1. The molecule has 1 aliphatic carbocycles. The molecule has 0 radical (unpaired) electrons. The summed E-state index contributed by atoms with van der Waals surface area (Å²) in [5.74, 6) is 0.0389. The van der Waals surface area contributed by atoms with Gasteiger partial charge in [-0.15, -0.1) is 0 Å². The Morgan fingerprint density at radius 3 is 1.45 bits per heavy atom. The standard InChI is InChI=1S/C89H88N2O/c1-84(2,3)60-32-30-58(31-33-60)73(57-24-18-16-19-25-57)52-59-53-77-82(83-81(59)72-28-22-23-29-80(72)92-83)71-49-48-70(90(67-26-20-17-21-27-67)68-44-38-62(39-45-68)86(7,8)9)56-76(71)89(77,64-36-34-61(35-37-64)85(4,5)6)66-43-51-79-75(55-66)74-54-65(88(13,14)15)42-50-78(74)91(79)69-46-40-63(41-47-69)87(10,11)12/h16-51,53-56,73H,52H2,1-15H3/t73-,89?/m1/s1. The minimum atomic E-state index is -0.882. The third kappa shape index (κ3) is 10.4. The zero-order chi connectivity index (χ0) is 64.4. The van der Waals surface area contributed by atoms with Gasteiger partial charge in [-0.1, -0.05) is 268 Å². The predicted octanol–water partition coefficient (Wildman–Crippen LogP) is 24.4. The number of hydrogen-bond acceptors (Lipinski definition) is 2. The Balaban J connectivity index is 1.12. The first-order valence-electron chi connectivity index (χ1n) is 33.3. The summed E-state index contributed by atoms with van der Waals surface area (Å²) in [5.41, 5.74) is 25.1. The van der Waals surface area contributed by atoms with Gasteiger partial charge < -0.3 is 13.9 Å². The van der Waals surface area contributed by atoms with Crippen LogP contribution in [0.5, 0.6) is 0 Å². The van der Waals surface area contributed by atoms with Crippen molar-refractivity contribution in [1.82, 2.24) is 4.57 Å². The van der Waals surface area contributed by atoms with Crippen LogP contribution in [0.2, 0.25) is 0 Å². The second-order valence-electron chi connectivity index (χ2n) is 31.4. The van der Waals surface area contributed by atoms with Crippen molar-refractivity contribution in [3.63, 3.8) is 0 Å². The summed E-state index contributed by atoms with van der Waals surface area (Å²) in [6.45, 7) is 34.7. The van der Waals surface area contributed by atoms with E-state index in [2.05, 4.69) is 356 Å². The maximum Gasteiger partial charge on any atom is 0.143 e. The van der Waals surface area contributed by atoms with Crippen LogP contribution in [-0.4, -0.2) is 4.57 Å². The number of aromatic nitrogens is 1. The van der Waals surface area contributed by atoms with Crippen LogP contribution in [-0.2, 0) is 38.9 Å². The second kappa shape index (κ2) is 22.0. The lowest BCUT2D eigenvalue weighted by Gasteiger charge is -2.36. The molecule has 11 aromatic carbocycles. The minimum absolute atomic E-state index is 0.00492. The van der Waals surface area contributed by atoms with Crippen LogP contribution >= 0.6 is 0 Å². The molecule has 92 heavy (non-hydrogen) atoms. The molecule has 0 saturated carbocycles. The van der Waals surface area contributed by atoms with E-state index < -0.39 is 5.41 Å². The third-order valence-corrected chi connectivity index (χ3v) is 20.1. The molecule has 1 aliphatic rings. The number of benzene rings is 11. The first-order chi connectivity index (χ1) is 43.8. The van der Waals surface area contributed by atoms with E-state index in [1.807, 2.05) is 0 Å². The quantitative estimate of drug-likeness (QED) is 0.136. The molecule has 2 aromatic heterocycles. The highest BCUT2D eigenvalue weighted by atomic mass is 16.3. The Hall–Kier alpha value is -9.18. The zero-order valence-electron chi connectivity index (χ0n) is 56.7. The van der Waals surface area contributed by atoms with Gasteiger partial charge in [0.1, 0.15) is 11.2 Å². The van der Waals surface area contributed by atoms with Gasteiger partial charge in [-0.25, -0.2) is 0 Å². The van der Waals surface area contributed by atoms with E-state index in [-0.39, 0.29) is 33.0 Å². The number of rotatable bonds is 10. The highest BCUT2D eigenvalue weighted by Gasteiger charge is 2.49. The molecule has 0 N–H and O–H groups in total. The molecule has 14 rings (SSSR count). The number of hydrogen-bond donors (Lipinski definition) is 0. The van der Waals surface area contributed by atoms with Gasteiger partial charge in [0.2, 0.25) is 0 Å². The van der Waals surface area contributed by atoms with Crippen molar-refractivity contribution in [2.45, 2.75) is 149 Å². The minimum Gasteiger partial charge on any atom is -0.455 e. The van der Waals surface area contributed by atoms with Gasteiger partial charge >= 0.3 is 0 Å². The van der Waals surface area contributed by atoms with Crippen LogP contribution < -0.4 is 4.90 Å². The fourth-order valence-electron chi connectivity index (χ4n) is 14.9. The largest absolute Gasteiger partial charge is 0.455 e. The van der Waals surface area contributed by atoms with Crippen LogP contribution in [0.1, 0.15) is 177 Å². The van der Waals surface area contributed by atoms with E-state index in [1.54, 1.807) is 0 Å². The van der Waals surface area contributed by atoms with Gasteiger partial charge in [0.05, 0.1) is 16.4 Å². The Morgan fingerprint density at radius 2 is 0.848 bits per heavy atom. The molecule has 0 spiro atoms. The molecule has 460 valence electrons. The molecule has 0 fully saturated rings. The van der Waals surface area contributed by atoms with Crippen molar-refractivity contribution in [2.24, 2.45) is 0 Å². The maximum atomic E-state index is 7.56. The Labute approximate surface area is 546 Å². The summed E-state index contributed by atoms with van der Waals surface area (Å²) in [6.07, 6.45) is 0.745.